The molecule has 2 atom stereocenters. The fourth-order valence-electron chi connectivity index (χ4n) is 5.58. The minimum Gasteiger partial charge on any atom is -0.480 e. The summed E-state index contributed by atoms with van der Waals surface area (Å²) >= 11 is 6.18. The second kappa shape index (κ2) is 10.8. The van der Waals surface area contributed by atoms with Gasteiger partial charge in [-0.25, -0.2) is 0 Å². The van der Waals surface area contributed by atoms with Crippen LogP contribution < -0.4 is 20.7 Å². The molecule has 12 heteroatoms. The first-order valence-corrected chi connectivity index (χ1v) is 13.3. The molecule has 1 aromatic heterocycles. The molecule has 0 radical (unpaired) electrons. The van der Waals surface area contributed by atoms with Crippen LogP contribution in [0.25, 0.3) is 11.1 Å². The number of piperidine rings is 1. The highest BCUT2D eigenvalue weighted by molar-refractivity contribution is 6.30. The van der Waals surface area contributed by atoms with Crippen molar-refractivity contribution < 1.29 is 27.8 Å². The largest absolute Gasteiger partial charge is 0.480 e. The molecular formula is C28H29ClF3N5O3. The van der Waals surface area contributed by atoms with Crippen molar-refractivity contribution in [3.05, 3.63) is 64.7 Å². The maximum atomic E-state index is 14.5. The van der Waals surface area contributed by atoms with Gasteiger partial charge in [0.05, 0.1) is 0 Å². The fraction of sp³-hybridized carbons (Fsp3) is 0.393. The van der Waals surface area contributed by atoms with Crippen LogP contribution in [0.2, 0.25) is 5.02 Å². The first kappa shape index (κ1) is 28.0. The van der Waals surface area contributed by atoms with Crippen molar-refractivity contribution >= 4 is 29.3 Å². The standard InChI is InChI=1S/C28H29ClF3N5O3/c1-16-3-2-4-17(11-16)20-12-18(29)5-6-19(20)24(28(30,31)32)40-23-13-22(35-26(33)36-23)37-9-7-27(8-10-37)14-21(25(38)39)34-15-27/h2-6,11-13,21,24,34H,7-10,14-15H2,1H3,(H,38,39)(H2,33,35,36)/t21?,24-/m1/s1. The summed E-state index contributed by atoms with van der Waals surface area (Å²) in [5, 5.41) is 12.7. The van der Waals surface area contributed by atoms with Gasteiger partial charge in [0.25, 0.3) is 0 Å². The maximum Gasteiger partial charge on any atom is 0.429 e. The number of aliphatic carboxylic acids is 1. The number of carbonyl (C=O) groups is 1. The number of nitrogens with one attached hydrogen (secondary N) is 1. The number of benzene rings is 2. The molecule has 2 saturated heterocycles. The number of hydrogen-bond acceptors (Lipinski definition) is 7. The molecule has 1 spiro atoms. The molecule has 212 valence electrons. The van der Waals surface area contributed by atoms with Crippen LogP contribution in [0.4, 0.5) is 24.9 Å². The van der Waals surface area contributed by atoms with E-state index in [0.717, 1.165) is 5.56 Å². The smallest absolute Gasteiger partial charge is 0.429 e. The van der Waals surface area contributed by atoms with Gasteiger partial charge in [-0.15, -0.1) is 0 Å². The number of aromatic nitrogens is 2. The Morgan fingerprint density at radius 2 is 1.95 bits per heavy atom. The molecule has 8 nitrogen and oxygen atoms in total. The van der Waals surface area contributed by atoms with Gasteiger partial charge in [-0.1, -0.05) is 47.5 Å². The summed E-state index contributed by atoms with van der Waals surface area (Å²) in [7, 11) is 0. The zero-order chi connectivity index (χ0) is 28.7. The first-order chi connectivity index (χ1) is 18.9. The van der Waals surface area contributed by atoms with Crippen molar-refractivity contribution in [1.29, 1.82) is 0 Å². The van der Waals surface area contributed by atoms with E-state index in [1.54, 1.807) is 18.2 Å². The molecule has 3 heterocycles. The number of carboxylic acid groups (broad SMARTS) is 1. The van der Waals surface area contributed by atoms with Crippen LogP contribution in [0.3, 0.4) is 0 Å². The number of halogens is 4. The Kier molecular flexibility index (Phi) is 7.54. The average Bonchev–Trinajstić information content (AvgIpc) is 3.31. The van der Waals surface area contributed by atoms with Crippen molar-refractivity contribution in [1.82, 2.24) is 15.3 Å². The van der Waals surface area contributed by atoms with Crippen molar-refractivity contribution in [3.8, 4) is 17.0 Å². The lowest BCUT2D eigenvalue weighted by molar-refractivity contribution is -0.198. The first-order valence-electron chi connectivity index (χ1n) is 12.9. The van der Waals surface area contributed by atoms with E-state index in [0.29, 0.717) is 60.9 Å². The molecule has 1 unspecified atom stereocenters. The van der Waals surface area contributed by atoms with Crippen LogP contribution in [-0.2, 0) is 4.79 Å². The number of ether oxygens (including phenoxy) is 1. The molecule has 2 aliphatic heterocycles. The number of nitrogens with zero attached hydrogens (tertiary/aromatic N) is 3. The monoisotopic (exact) mass is 575 g/mol. The van der Waals surface area contributed by atoms with Crippen molar-refractivity contribution in [2.45, 2.75) is 44.5 Å². The predicted molar refractivity (Wildman–Crippen MR) is 145 cm³/mol. The Hall–Kier alpha value is -3.57. The van der Waals surface area contributed by atoms with Crippen LogP contribution in [0.5, 0.6) is 5.88 Å². The van der Waals surface area contributed by atoms with E-state index in [4.69, 9.17) is 22.1 Å². The summed E-state index contributed by atoms with van der Waals surface area (Å²) in [5.74, 6) is -1.02. The lowest BCUT2D eigenvalue weighted by atomic mass is 9.76. The minimum atomic E-state index is -4.78. The number of hydrogen-bond donors (Lipinski definition) is 3. The third-order valence-corrected chi connectivity index (χ3v) is 7.91. The Morgan fingerprint density at radius 1 is 1.20 bits per heavy atom. The molecule has 2 aliphatic rings. The zero-order valence-electron chi connectivity index (χ0n) is 21.7. The molecule has 0 bridgehead atoms. The molecule has 40 heavy (non-hydrogen) atoms. The zero-order valence-corrected chi connectivity index (χ0v) is 22.5. The third kappa shape index (κ3) is 5.95. The SMILES string of the molecule is Cc1cccc(-c2cc(Cl)ccc2[C@@H](Oc2cc(N3CCC4(CC3)CNC(C(=O)O)C4)nc(N)n2)C(F)(F)F)c1. The summed E-state index contributed by atoms with van der Waals surface area (Å²) in [6.07, 6.45) is -5.17. The highest BCUT2D eigenvalue weighted by Crippen LogP contribution is 2.43. The number of anilines is 2. The van der Waals surface area contributed by atoms with E-state index >= 15 is 0 Å². The van der Waals surface area contributed by atoms with Gasteiger partial charge in [0.15, 0.2) is 0 Å². The molecule has 2 fully saturated rings. The molecular weight excluding hydrogens is 547 g/mol. The molecule has 2 aromatic carbocycles. The summed E-state index contributed by atoms with van der Waals surface area (Å²) in [6, 6.07) is 12.1. The highest BCUT2D eigenvalue weighted by atomic mass is 35.5. The van der Waals surface area contributed by atoms with Gasteiger partial charge in [0.2, 0.25) is 17.9 Å². The summed E-state index contributed by atoms with van der Waals surface area (Å²) in [4.78, 5) is 21.5. The van der Waals surface area contributed by atoms with E-state index in [-0.39, 0.29) is 22.8 Å². The topological polar surface area (TPSA) is 114 Å². The quantitative estimate of drug-likeness (QED) is 0.358. The van der Waals surface area contributed by atoms with Gasteiger partial charge < -0.3 is 25.8 Å². The lowest BCUT2D eigenvalue weighted by Gasteiger charge is -2.39. The van der Waals surface area contributed by atoms with E-state index in [1.807, 2.05) is 17.9 Å². The van der Waals surface area contributed by atoms with Crippen molar-refractivity contribution in [2.24, 2.45) is 5.41 Å². The number of rotatable bonds is 6. The number of aryl methyl sites for hydroxylation is 1. The van der Waals surface area contributed by atoms with Crippen LogP contribution in [0.15, 0.2) is 48.5 Å². The lowest BCUT2D eigenvalue weighted by Crippen LogP contribution is -2.41. The number of alkyl halides is 3. The van der Waals surface area contributed by atoms with Crippen LogP contribution in [0.1, 0.15) is 36.5 Å². The summed E-state index contributed by atoms with van der Waals surface area (Å²) < 4.78 is 49.0. The second-order valence-corrected chi connectivity index (χ2v) is 11.0. The van der Waals surface area contributed by atoms with E-state index in [9.17, 15) is 23.1 Å². The fourth-order valence-corrected chi connectivity index (χ4v) is 5.75. The van der Waals surface area contributed by atoms with Gasteiger partial charge in [0.1, 0.15) is 11.9 Å². The number of carboxylic acids is 1. The summed E-state index contributed by atoms with van der Waals surface area (Å²) in [5.41, 5.74) is 7.42. The minimum absolute atomic E-state index is 0.108. The maximum absolute atomic E-state index is 14.5. The van der Waals surface area contributed by atoms with Gasteiger partial charge in [0, 0.05) is 36.3 Å². The van der Waals surface area contributed by atoms with Crippen molar-refractivity contribution in [3.63, 3.8) is 0 Å². The van der Waals surface area contributed by atoms with Gasteiger partial charge in [-0.05, 0) is 54.9 Å². The third-order valence-electron chi connectivity index (χ3n) is 7.68. The number of nitrogen functional groups attached to an aromatic ring is 1. The normalized spacial score (nSPS) is 19.5. The van der Waals surface area contributed by atoms with Gasteiger partial charge >= 0.3 is 12.1 Å². The van der Waals surface area contributed by atoms with E-state index in [2.05, 4.69) is 15.3 Å². The highest BCUT2D eigenvalue weighted by Gasteiger charge is 2.46. The Bertz CT molecular complexity index is 1410. The second-order valence-electron chi connectivity index (χ2n) is 10.5. The molecule has 3 aromatic rings. The summed E-state index contributed by atoms with van der Waals surface area (Å²) in [6.45, 7) is 3.55. The van der Waals surface area contributed by atoms with Gasteiger partial charge in [-0.3, -0.25) is 4.79 Å². The average molecular weight is 576 g/mol. The van der Waals surface area contributed by atoms with Crippen molar-refractivity contribution in [2.75, 3.05) is 30.3 Å². The Morgan fingerprint density at radius 3 is 2.60 bits per heavy atom. The van der Waals surface area contributed by atoms with Gasteiger partial charge in [-0.2, -0.15) is 23.1 Å². The molecule has 4 N–H and O–H groups in total. The molecule has 0 aliphatic carbocycles. The van der Waals surface area contributed by atoms with Crippen LogP contribution >= 0.6 is 11.6 Å². The molecule has 0 saturated carbocycles. The van der Waals surface area contributed by atoms with Crippen LogP contribution in [0, 0.1) is 12.3 Å². The Balaban J connectivity index is 1.41. The number of nitrogens with two attached hydrogens (primary N) is 1. The molecule has 0 amide bonds. The predicted octanol–water partition coefficient (Wildman–Crippen LogP) is 5.40. The molecule has 5 rings (SSSR count). The van der Waals surface area contributed by atoms with E-state index < -0.39 is 24.3 Å². The van der Waals surface area contributed by atoms with E-state index in [1.165, 1.54) is 24.3 Å². The Labute approximate surface area is 234 Å². The van der Waals surface area contributed by atoms with Crippen LogP contribution in [-0.4, -0.2) is 52.9 Å².